The van der Waals surface area contributed by atoms with E-state index in [4.69, 9.17) is 5.53 Å². The minimum atomic E-state index is 0.839. The molecule has 0 saturated heterocycles. The molecule has 2 N–H and O–H groups in total. The molecule has 100 valence electrons. The topological polar surface area (TPSA) is 48.2 Å². The van der Waals surface area contributed by atoms with Crippen molar-refractivity contribution >= 4 is 0 Å². The zero-order valence-electron chi connectivity index (χ0n) is 11.8. The van der Waals surface area contributed by atoms with Gasteiger partial charge in [-0.3, -0.25) is 0 Å². The second-order valence-electron chi connectivity index (χ2n) is 5.06. The van der Waals surface area contributed by atoms with Crippen molar-refractivity contribution in [2.75, 3.05) is 6.54 Å². The van der Waals surface area contributed by atoms with Crippen LogP contribution in [0.3, 0.4) is 0 Å². The smallest absolute Gasteiger partial charge is 0.0678 e. The summed E-state index contributed by atoms with van der Waals surface area (Å²) in [5.74, 6) is 0.839. The van der Waals surface area contributed by atoms with Gasteiger partial charge < -0.3 is 5.32 Å². The van der Waals surface area contributed by atoms with Crippen molar-refractivity contribution in [3.8, 4) is 0 Å². The molecule has 0 amide bonds. The van der Waals surface area contributed by atoms with Gasteiger partial charge in [0.2, 0.25) is 0 Å². The average Bonchev–Trinajstić information content (AvgIpc) is 2.28. The highest BCUT2D eigenvalue weighted by molar-refractivity contribution is 4.97. The Bertz CT molecular complexity index is 210. The molecule has 0 atom stereocenters. The lowest BCUT2D eigenvalue weighted by Crippen LogP contribution is -2.14. The van der Waals surface area contributed by atoms with E-state index in [9.17, 15) is 0 Å². The molecule has 3 nitrogen and oxygen atoms in total. The van der Waals surface area contributed by atoms with Gasteiger partial charge >= 0.3 is 0 Å². The second kappa shape index (κ2) is 11.6. The molecule has 0 saturated carbocycles. The first kappa shape index (κ1) is 16.1. The van der Waals surface area contributed by atoms with E-state index in [1.807, 2.05) is 0 Å². The van der Waals surface area contributed by atoms with Crippen LogP contribution in [0.1, 0.15) is 65.7 Å². The first-order valence-corrected chi connectivity index (χ1v) is 7.00. The van der Waals surface area contributed by atoms with Crippen LogP contribution in [0.15, 0.2) is 17.0 Å². The molecule has 0 unspecified atom stereocenters. The Hall–Kier alpha value is -0.860. The van der Waals surface area contributed by atoms with Gasteiger partial charge in [0, 0.05) is 12.2 Å². The lowest BCUT2D eigenvalue weighted by atomic mass is 10.0. The Labute approximate surface area is 107 Å². The monoisotopic (exact) mass is 239 g/mol. The summed E-state index contributed by atoms with van der Waals surface area (Å²) in [6.45, 7) is 7.73. The SMILES string of the molecule is CCC/C(=C/N=N)NCCCCCCC(C)C. The summed E-state index contributed by atoms with van der Waals surface area (Å²) in [6.07, 6.45) is 10.3. The average molecular weight is 239 g/mol. The van der Waals surface area contributed by atoms with Crippen LogP contribution in [0.5, 0.6) is 0 Å². The molecule has 0 heterocycles. The maximum atomic E-state index is 6.83. The highest BCUT2D eigenvalue weighted by Crippen LogP contribution is 2.09. The Kier molecular flexibility index (Phi) is 11.0. The van der Waals surface area contributed by atoms with Crippen LogP contribution in [-0.4, -0.2) is 6.54 Å². The Morgan fingerprint density at radius 1 is 1.24 bits per heavy atom. The van der Waals surface area contributed by atoms with E-state index in [2.05, 4.69) is 31.2 Å². The fourth-order valence-electron chi connectivity index (χ4n) is 1.83. The number of rotatable bonds is 11. The van der Waals surface area contributed by atoms with Crippen LogP contribution < -0.4 is 5.32 Å². The lowest BCUT2D eigenvalue weighted by Gasteiger charge is -2.09. The molecule has 0 aliphatic heterocycles. The minimum Gasteiger partial charge on any atom is -0.387 e. The molecule has 0 fully saturated rings. The predicted octanol–water partition coefficient (Wildman–Crippen LogP) is 4.85. The van der Waals surface area contributed by atoms with E-state index in [0.29, 0.717) is 0 Å². The third-order valence-corrected chi connectivity index (χ3v) is 2.80. The molecule has 0 aromatic carbocycles. The fraction of sp³-hybridized carbons (Fsp3) is 0.857. The van der Waals surface area contributed by atoms with Crippen molar-refractivity contribution in [2.45, 2.75) is 65.7 Å². The number of unbranched alkanes of at least 4 members (excludes halogenated alkanes) is 3. The van der Waals surface area contributed by atoms with Crippen molar-refractivity contribution in [3.63, 3.8) is 0 Å². The van der Waals surface area contributed by atoms with Crippen LogP contribution in [0, 0.1) is 11.4 Å². The zero-order chi connectivity index (χ0) is 12.9. The van der Waals surface area contributed by atoms with Crippen LogP contribution >= 0.6 is 0 Å². The molecule has 0 aromatic rings. The normalized spacial score (nSPS) is 11.9. The van der Waals surface area contributed by atoms with Crippen LogP contribution in [0.2, 0.25) is 0 Å². The van der Waals surface area contributed by atoms with Crippen LogP contribution in [-0.2, 0) is 0 Å². The number of nitrogens with zero attached hydrogens (tertiary/aromatic N) is 1. The Morgan fingerprint density at radius 2 is 1.94 bits per heavy atom. The van der Waals surface area contributed by atoms with Crippen LogP contribution in [0.25, 0.3) is 0 Å². The maximum Gasteiger partial charge on any atom is 0.0678 e. The van der Waals surface area contributed by atoms with Crippen molar-refractivity contribution in [1.82, 2.24) is 5.32 Å². The Balaban J connectivity index is 3.42. The quantitative estimate of drug-likeness (QED) is 0.393. The fourth-order valence-corrected chi connectivity index (χ4v) is 1.83. The van der Waals surface area contributed by atoms with E-state index in [1.165, 1.54) is 32.1 Å². The summed E-state index contributed by atoms with van der Waals surface area (Å²) < 4.78 is 0. The van der Waals surface area contributed by atoms with Gasteiger partial charge in [-0.25, -0.2) is 5.53 Å². The first-order chi connectivity index (χ1) is 8.20. The van der Waals surface area contributed by atoms with E-state index < -0.39 is 0 Å². The van der Waals surface area contributed by atoms with Gasteiger partial charge in [0.15, 0.2) is 0 Å². The highest BCUT2D eigenvalue weighted by atomic mass is 15.0. The number of hydrogen-bond acceptors (Lipinski definition) is 3. The van der Waals surface area contributed by atoms with Gasteiger partial charge in [-0.1, -0.05) is 52.9 Å². The van der Waals surface area contributed by atoms with Crippen molar-refractivity contribution < 1.29 is 0 Å². The van der Waals surface area contributed by atoms with Crippen molar-refractivity contribution in [2.24, 2.45) is 11.0 Å². The molecule has 0 aromatic heterocycles. The molecule has 17 heavy (non-hydrogen) atoms. The van der Waals surface area contributed by atoms with Gasteiger partial charge in [-0.05, 0) is 18.8 Å². The van der Waals surface area contributed by atoms with Gasteiger partial charge in [0.1, 0.15) is 0 Å². The molecule has 0 aliphatic rings. The largest absolute Gasteiger partial charge is 0.387 e. The van der Waals surface area contributed by atoms with Gasteiger partial charge in [0.25, 0.3) is 0 Å². The summed E-state index contributed by atoms with van der Waals surface area (Å²) in [5.41, 5.74) is 7.93. The standard InChI is InChI=1S/C14H29N3/c1-4-9-14(12-17-15)16-11-8-6-5-7-10-13(2)3/h12-13,15-16H,4-11H2,1-3H3/b14-12-,17-15?. The van der Waals surface area contributed by atoms with Gasteiger partial charge in [0.05, 0.1) is 6.20 Å². The van der Waals surface area contributed by atoms with Crippen LogP contribution in [0.4, 0.5) is 0 Å². The first-order valence-electron chi connectivity index (χ1n) is 7.00. The summed E-state index contributed by atoms with van der Waals surface area (Å²) >= 11 is 0. The summed E-state index contributed by atoms with van der Waals surface area (Å²) in [5, 5.41) is 6.70. The zero-order valence-corrected chi connectivity index (χ0v) is 11.8. The highest BCUT2D eigenvalue weighted by Gasteiger charge is 1.96. The maximum absolute atomic E-state index is 6.83. The lowest BCUT2D eigenvalue weighted by molar-refractivity contribution is 0.516. The van der Waals surface area contributed by atoms with E-state index in [0.717, 1.165) is 31.0 Å². The summed E-state index contributed by atoms with van der Waals surface area (Å²) in [4.78, 5) is 0. The molecule has 3 heteroatoms. The molecular formula is C14H29N3. The molecule has 0 radical (unpaired) electrons. The molecular weight excluding hydrogens is 210 g/mol. The second-order valence-corrected chi connectivity index (χ2v) is 5.06. The molecule has 0 rings (SSSR count). The van der Waals surface area contributed by atoms with Crippen molar-refractivity contribution in [3.05, 3.63) is 11.9 Å². The van der Waals surface area contributed by atoms with Gasteiger partial charge in [-0.2, -0.15) is 5.11 Å². The van der Waals surface area contributed by atoms with E-state index in [-0.39, 0.29) is 0 Å². The van der Waals surface area contributed by atoms with Gasteiger partial charge in [-0.15, -0.1) is 0 Å². The number of nitrogens with one attached hydrogen (secondary N) is 2. The molecule has 0 bridgehead atoms. The third-order valence-electron chi connectivity index (χ3n) is 2.80. The van der Waals surface area contributed by atoms with E-state index in [1.54, 1.807) is 6.20 Å². The number of allylic oxidation sites excluding steroid dienone is 1. The minimum absolute atomic E-state index is 0.839. The van der Waals surface area contributed by atoms with Crippen molar-refractivity contribution in [1.29, 1.82) is 5.53 Å². The summed E-state index contributed by atoms with van der Waals surface area (Å²) in [7, 11) is 0. The third kappa shape index (κ3) is 11.4. The molecule has 0 aliphatic carbocycles. The molecule has 0 spiro atoms. The summed E-state index contributed by atoms with van der Waals surface area (Å²) in [6, 6.07) is 0. The Morgan fingerprint density at radius 3 is 2.53 bits per heavy atom. The number of hydrogen-bond donors (Lipinski definition) is 2. The van der Waals surface area contributed by atoms with E-state index >= 15 is 0 Å². The predicted molar refractivity (Wildman–Crippen MR) is 74.1 cm³/mol.